The lowest BCUT2D eigenvalue weighted by atomic mass is 10.2. The van der Waals surface area contributed by atoms with Crippen molar-refractivity contribution in [1.82, 2.24) is 4.31 Å². The summed E-state index contributed by atoms with van der Waals surface area (Å²) in [5, 5.41) is 0.237. The molecule has 1 aliphatic heterocycles. The molecule has 19 heavy (non-hydrogen) atoms. The van der Waals surface area contributed by atoms with Crippen LogP contribution >= 0.6 is 39.9 Å². The Kier molecular flexibility index (Phi) is 6.10. The van der Waals surface area contributed by atoms with Gasteiger partial charge in [0.1, 0.15) is 4.90 Å². The fourth-order valence-corrected chi connectivity index (χ4v) is 4.88. The molecule has 0 aromatic heterocycles. The van der Waals surface area contributed by atoms with Crippen molar-refractivity contribution < 1.29 is 8.42 Å². The third-order valence-electron chi connectivity index (χ3n) is 3.08. The van der Waals surface area contributed by atoms with E-state index < -0.39 is 10.0 Å². The maximum Gasteiger partial charge on any atom is 0.244 e. The summed E-state index contributed by atoms with van der Waals surface area (Å²) in [5.41, 5.74) is 5.62. The molecule has 8 heteroatoms. The molecule has 108 valence electrons. The minimum absolute atomic E-state index is 0. The number of hydrogen-bond acceptors (Lipinski definition) is 3. The molecule has 1 atom stereocenters. The third kappa shape index (κ3) is 3.43. The topological polar surface area (TPSA) is 63.4 Å². The standard InChI is InChI=1S/C11H14BrClN2O2S.ClH/c12-8-3-4-10(13)11(6-8)18(16,17)15-5-1-2-9(15)7-14;/h3-4,6,9H,1-2,5,7,14H2;1H. The Bertz CT molecular complexity index is 554. The summed E-state index contributed by atoms with van der Waals surface area (Å²) in [4.78, 5) is 0.138. The van der Waals surface area contributed by atoms with Gasteiger partial charge in [-0.15, -0.1) is 12.4 Å². The van der Waals surface area contributed by atoms with Crippen molar-refractivity contribution in [2.75, 3.05) is 13.1 Å². The van der Waals surface area contributed by atoms with E-state index in [1.807, 2.05) is 0 Å². The van der Waals surface area contributed by atoms with Gasteiger partial charge in [-0.25, -0.2) is 8.42 Å². The van der Waals surface area contributed by atoms with Crippen LogP contribution in [0.25, 0.3) is 0 Å². The van der Waals surface area contributed by atoms with Gasteiger partial charge in [0.2, 0.25) is 10.0 Å². The van der Waals surface area contributed by atoms with Crippen LogP contribution in [0.2, 0.25) is 5.02 Å². The Morgan fingerprint density at radius 2 is 2.16 bits per heavy atom. The van der Waals surface area contributed by atoms with Crippen molar-refractivity contribution in [2.45, 2.75) is 23.8 Å². The van der Waals surface area contributed by atoms with Crippen LogP contribution in [0.15, 0.2) is 27.6 Å². The molecule has 1 aliphatic rings. The quantitative estimate of drug-likeness (QED) is 0.864. The summed E-state index contributed by atoms with van der Waals surface area (Å²) in [5.74, 6) is 0. The summed E-state index contributed by atoms with van der Waals surface area (Å²) in [6.07, 6.45) is 1.65. The van der Waals surface area contributed by atoms with Crippen LogP contribution in [0.1, 0.15) is 12.8 Å². The molecule has 0 amide bonds. The summed E-state index contributed by atoms with van der Waals surface area (Å²) < 4.78 is 27.2. The van der Waals surface area contributed by atoms with E-state index in [-0.39, 0.29) is 28.4 Å². The molecule has 2 N–H and O–H groups in total. The van der Waals surface area contributed by atoms with E-state index in [2.05, 4.69) is 15.9 Å². The number of benzene rings is 1. The van der Waals surface area contributed by atoms with Gasteiger partial charge in [-0.3, -0.25) is 0 Å². The molecule has 4 nitrogen and oxygen atoms in total. The Morgan fingerprint density at radius 3 is 2.79 bits per heavy atom. The molecule has 2 rings (SSSR count). The minimum Gasteiger partial charge on any atom is -0.329 e. The highest BCUT2D eigenvalue weighted by molar-refractivity contribution is 9.10. The number of halogens is 3. The lowest BCUT2D eigenvalue weighted by Crippen LogP contribution is -2.39. The fourth-order valence-electron chi connectivity index (χ4n) is 2.16. The Labute approximate surface area is 132 Å². The predicted octanol–water partition coefficient (Wildman–Crippen LogP) is 2.64. The molecule has 1 saturated heterocycles. The lowest BCUT2D eigenvalue weighted by molar-refractivity contribution is 0.393. The monoisotopic (exact) mass is 388 g/mol. The van der Waals surface area contributed by atoms with Crippen LogP contribution < -0.4 is 5.73 Å². The van der Waals surface area contributed by atoms with E-state index in [0.29, 0.717) is 17.6 Å². The van der Waals surface area contributed by atoms with Gasteiger partial charge in [0.05, 0.1) is 5.02 Å². The molecule has 0 bridgehead atoms. The number of nitrogens with zero attached hydrogens (tertiary/aromatic N) is 1. The number of nitrogens with two attached hydrogens (primary N) is 1. The van der Waals surface area contributed by atoms with Crippen molar-refractivity contribution in [3.05, 3.63) is 27.7 Å². The third-order valence-corrected chi connectivity index (χ3v) is 6.00. The predicted molar refractivity (Wildman–Crippen MR) is 82.4 cm³/mol. The molecule has 1 unspecified atom stereocenters. The van der Waals surface area contributed by atoms with Crippen molar-refractivity contribution in [3.63, 3.8) is 0 Å². The van der Waals surface area contributed by atoms with E-state index in [1.165, 1.54) is 10.4 Å². The SMILES string of the molecule is Cl.NCC1CCCN1S(=O)(=O)c1cc(Br)ccc1Cl. The lowest BCUT2D eigenvalue weighted by Gasteiger charge is -2.23. The first-order valence-electron chi connectivity index (χ1n) is 5.64. The van der Waals surface area contributed by atoms with E-state index >= 15 is 0 Å². The highest BCUT2D eigenvalue weighted by Gasteiger charge is 2.35. The first kappa shape index (κ1) is 17.2. The maximum absolute atomic E-state index is 12.5. The summed E-state index contributed by atoms with van der Waals surface area (Å²) in [7, 11) is -3.56. The van der Waals surface area contributed by atoms with E-state index in [0.717, 1.165) is 12.8 Å². The van der Waals surface area contributed by atoms with Crippen LogP contribution in [-0.2, 0) is 10.0 Å². The zero-order valence-electron chi connectivity index (χ0n) is 10.1. The Balaban J connectivity index is 0.00000180. The number of sulfonamides is 1. The van der Waals surface area contributed by atoms with Gasteiger partial charge in [0, 0.05) is 23.6 Å². The van der Waals surface area contributed by atoms with Gasteiger partial charge in [0.15, 0.2) is 0 Å². The van der Waals surface area contributed by atoms with E-state index in [1.54, 1.807) is 12.1 Å². The summed E-state index contributed by atoms with van der Waals surface area (Å²) in [6.45, 7) is 0.845. The van der Waals surface area contributed by atoms with Gasteiger partial charge in [-0.1, -0.05) is 27.5 Å². The summed E-state index contributed by atoms with van der Waals surface area (Å²) >= 11 is 9.26. The zero-order valence-corrected chi connectivity index (χ0v) is 14.0. The van der Waals surface area contributed by atoms with Crippen molar-refractivity contribution in [2.24, 2.45) is 5.73 Å². The molecule has 1 fully saturated rings. The highest BCUT2D eigenvalue weighted by Crippen LogP contribution is 2.31. The molecule has 0 spiro atoms. The fraction of sp³-hybridized carbons (Fsp3) is 0.455. The molecule has 1 heterocycles. The largest absolute Gasteiger partial charge is 0.329 e. The van der Waals surface area contributed by atoms with Gasteiger partial charge >= 0.3 is 0 Å². The molecular formula is C11H15BrCl2N2O2S. The van der Waals surface area contributed by atoms with E-state index in [4.69, 9.17) is 17.3 Å². The zero-order chi connectivity index (χ0) is 13.3. The average Bonchev–Trinajstić information content (AvgIpc) is 2.81. The average molecular weight is 390 g/mol. The molecular weight excluding hydrogens is 375 g/mol. The number of rotatable bonds is 3. The van der Waals surface area contributed by atoms with Crippen LogP contribution in [0.5, 0.6) is 0 Å². The molecule has 0 saturated carbocycles. The summed E-state index contributed by atoms with van der Waals surface area (Å²) in [6, 6.07) is 4.70. The smallest absolute Gasteiger partial charge is 0.244 e. The van der Waals surface area contributed by atoms with Crippen LogP contribution in [0, 0.1) is 0 Å². The Hall–Kier alpha value is 0.150. The highest BCUT2D eigenvalue weighted by atomic mass is 79.9. The second-order valence-corrected chi connectivity index (χ2v) is 7.40. The van der Waals surface area contributed by atoms with Gasteiger partial charge in [-0.2, -0.15) is 4.31 Å². The van der Waals surface area contributed by atoms with Gasteiger partial charge < -0.3 is 5.73 Å². The second kappa shape index (κ2) is 6.74. The van der Waals surface area contributed by atoms with Gasteiger partial charge in [-0.05, 0) is 31.0 Å². The molecule has 1 aromatic rings. The van der Waals surface area contributed by atoms with Crippen LogP contribution in [0.4, 0.5) is 0 Å². The minimum atomic E-state index is -3.56. The van der Waals surface area contributed by atoms with Crippen LogP contribution in [-0.4, -0.2) is 31.9 Å². The second-order valence-electron chi connectivity index (χ2n) is 4.22. The first-order valence-corrected chi connectivity index (χ1v) is 8.25. The van der Waals surface area contributed by atoms with Crippen molar-refractivity contribution >= 4 is 50.0 Å². The molecule has 0 aliphatic carbocycles. The van der Waals surface area contributed by atoms with Crippen LogP contribution in [0.3, 0.4) is 0 Å². The van der Waals surface area contributed by atoms with Crippen molar-refractivity contribution in [1.29, 1.82) is 0 Å². The number of hydrogen-bond donors (Lipinski definition) is 1. The molecule has 1 aromatic carbocycles. The first-order chi connectivity index (χ1) is 8.46. The van der Waals surface area contributed by atoms with Crippen molar-refractivity contribution in [3.8, 4) is 0 Å². The maximum atomic E-state index is 12.5. The molecule has 0 radical (unpaired) electrons. The Morgan fingerprint density at radius 1 is 1.47 bits per heavy atom. The van der Waals surface area contributed by atoms with E-state index in [9.17, 15) is 8.42 Å². The normalized spacial score (nSPS) is 20.3. The van der Waals surface area contributed by atoms with Gasteiger partial charge in [0.25, 0.3) is 0 Å².